The van der Waals surface area contributed by atoms with Gasteiger partial charge < -0.3 is 14.7 Å². The number of fused-ring (bicyclic) bond motifs is 2. The van der Waals surface area contributed by atoms with Crippen LogP contribution in [0.25, 0.3) is 0 Å². The van der Waals surface area contributed by atoms with E-state index in [2.05, 4.69) is 9.97 Å². The summed E-state index contributed by atoms with van der Waals surface area (Å²) in [6, 6.07) is 0.0256. The van der Waals surface area contributed by atoms with Crippen molar-refractivity contribution >= 4 is 6.09 Å². The fourth-order valence-corrected chi connectivity index (χ4v) is 3.61. The Balaban J connectivity index is 1.78. The van der Waals surface area contributed by atoms with E-state index in [4.69, 9.17) is 4.74 Å². The predicted octanol–water partition coefficient (Wildman–Crippen LogP) is 2.23. The lowest BCUT2D eigenvalue weighted by Gasteiger charge is -2.43. The molecule has 2 bridgehead atoms. The van der Waals surface area contributed by atoms with Gasteiger partial charge in [0.2, 0.25) is 0 Å². The fourth-order valence-electron chi connectivity index (χ4n) is 3.61. The van der Waals surface area contributed by atoms with Crippen LogP contribution in [-0.2, 0) is 10.3 Å². The second kappa shape index (κ2) is 5.19. The topological polar surface area (TPSA) is 75.5 Å². The van der Waals surface area contributed by atoms with Gasteiger partial charge in [-0.15, -0.1) is 0 Å². The van der Waals surface area contributed by atoms with Crippen molar-refractivity contribution in [1.29, 1.82) is 0 Å². The molecule has 0 aliphatic carbocycles. The third-order valence-electron chi connectivity index (χ3n) is 4.47. The molecular weight excluding hydrogens is 282 g/mol. The van der Waals surface area contributed by atoms with Crippen LogP contribution in [-0.4, -0.2) is 43.8 Å². The fraction of sp³-hybridized carbons (Fsp3) is 0.688. The van der Waals surface area contributed by atoms with Crippen molar-refractivity contribution in [3.8, 4) is 0 Å². The summed E-state index contributed by atoms with van der Waals surface area (Å²) in [6.07, 6.45) is 7.33. The van der Waals surface area contributed by atoms with Gasteiger partial charge in [-0.2, -0.15) is 0 Å². The molecule has 6 heteroatoms. The zero-order valence-corrected chi connectivity index (χ0v) is 13.3. The second-order valence-electron chi connectivity index (χ2n) is 7.34. The highest BCUT2D eigenvalue weighted by Crippen LogP contribution is 2.45. The summed E-state index contributed by atoms with van der Waals surface area (Å²) >= 11 is 0. The summed E-state index contributed by atoms with van der Waals surface area (Å²) < 4.78 is 5.51. The number of hydrogen-bond donors (Lipinski definition) is 1. The molecule has 2 aliphatic heterocycles. The average molecular weight is 305 g/mol. The third-order valence-corrected chi connectivity index (χ3v) is 4.47. The number of carbonyl (C=O) groups is 1. The van der Waals surface area contributed by atoms with E-state index in [1.165, 1.54) is 6.33 Å². The Kier molecular flexibility index (Phi) is 3.59. The summed E-state index contributed by atoms with van der Waals surface area (Å²) in [6.45, 7) is 5.61. The minimum atomic E-state index is -0.953. The Hall–Kier alpha value is -1.69. The lowest BCUT2D eigenvalue weighted by molar-refractivity contribution is -0.0627. The van der Waals surface area contributed by atoms with E-state index >= 15 is 0 Å². The number of rotatable bonds is 1. The van der Waals surface area contributed by atoms with Crippen molar-refractivity contribution in [2.75, 3.05) is 0 Å². The predicted molar refractivity (Wildman–Crippen MR) is 80.0 cm³/mol. The molecule has 1 aromatic heterocycles. The maximum Gasteiger partial charge on any atom is 0.410 e. The molecule has 0 radical (unpaired) electrons. The lowest BCUT2D eigenvalue weighted by atomic mass is 9.82. The van der Waals surface area contributed by atoms with Gasteiger partial charge in [0.25, 0.3) is 0 Å². The highest BCUT2D eigenvalue weighted by molar-refractivity contribution is 5.69. The van der Waals surface area contributed by atoms with Crippen LogP contribution in [0.15, 0.2) is 18.7 Å². The molecule has 3 heterocycles. The van der Waals surface area contributed by atoms with E-state index in [0.29, 0.717) is 12.8 Å². The standard InChI is InChI=1S/C16H23N3O3/c1-15(2,3)22-14(20)19-12-4-5-13(19)7-16(21,6-12)11-8-17-10-18-9-11/h8-10,12-13,21H,4-7H2,1-3H3/t12-,13+,16?. The van der Waals surface area contributed by atoms with E-state index in [9.17, 15) is 9.90 Å². The monoisotopic (exact) mass is 305 g/mol. The number of carbonyl (C=O) groups excluding carboxylic acids is 1. The quantitative estimate of drug-likeness (QED) is 0.861. The number of hydrogen-bond acceptors (Lipinski definition) is 5. The third kappa shape index (κ3) is 2.79. The molecule has 2 aliphatic rings. The summed E-state index contributed by atoms with van der Waals surface area (Å²) in [5.74, 6) is 0. The minimum Gasteiger partial charge on any atom is -0.444 e. The van der Waals surface area contributed by atoms with Gasteiger partial charge in [0.15, 0.2) is 0 Å². The van der Waals surface area contributed by atoms with Gasteiger partial charge in [0.1, 0.15) is 11.9 Å². The summed E-state index contributed by atoms with van der Waals surface area (Å²) in [7, 11) is 0. The van der Waals surface area contributed by atoms with Gasteiger partial charge >= 0.3 is 6.09 Å². The molecule has 0 aromatic carbocycles. The number of amides is 1. The zero-order valence-electron chi connectivity index (χ0n) is 13.3. The van der Waals surface area contributed by atoms with Gasteiger partial charge in [0.05, 0.1) is 5.60 Å². The number of nitrogens with zero attached hydrogens (tertiary/aromatic N) is 3. The Bertz CT molecular complexity index is 542. The average Bonchev–Trinajstić information content (AvgIpc) is 2.71. The molecule has 3 rings (SSSR count). The number of ether oxygens (including phenoxy) is 1. The SMILES string of the molecule is CC(C)(C)OC(=O)N1[C@@H]2CC[C@H]1CC(O)(c1cncnc1)C2. The van der Waals surface area contributed by atoms with Crippen LogP contribution in [0.2, 0.25) is 0 Å². The molecule has 120 valence electrons. The molecule has 22 heavy (non-hydrogen) atoms. The zero-order chi connectivity index (χ0) is 16.0. The van der Waals surface area contributed by atoms with Gasteiger partial charge in [-0.25, -0.2) is 14.8 Å². The van der Waals surface area contributed by atoms with Crippen molar-refractivity contribution in [3.63, 3.8) is 0 Å². The van der Waals surface area contributed by atoms with Crippen LogP contribution < -0.4 is 0 Å². The van der Waals surface area contributed by atoms with E-state index in [1.807, 2.05) is 25.7 Å². The van der Waals surface area contributed by atoms with Crippen molar-refractivity contribution < 1.29 is 14.6 Å². The highest BCUT2D eigenvalue weighted by atomic mass is 16.6. The molecule has 2 fully saturated rings. The first-order chi connectivity index (χ1) is 10.3. The molecule has 3 atom stereocenters. The van der Waals surface area contributed by atoms with Crippen molar-refractivity contribution in [1.82, 2.24) is 14.9 Å². The van der Waals surface area contributed by atoms with Crippen LogP contribution in [0.3, 0.4) is 0 Å². The van der Waals surface area contributed by atoms with Crippen molar-refractivity contribution in [3.05, 3.63) is 24.3 Å². The maximum absolute atomic E-state index is 12.4. The Morgan fingerprint density at radius 1 is 1.27 bits per heavy atom. The van der Waals surface area contributed by atoms with Gasteiger partial charge in [-0.3, -0.25) is 0 Å². The van der Waals surface area contributed by atoms with Crippen LogP contribution in [0, 0.1) is 0 Å². The second-order valence-corrected chi connectivity index (χ2v) is 7.34. The molecule has 1 N–H and O–H groups in total. The Labute approximate surface area is 130 Å². The Morgan fingerprint density at radius 3 is 2.32 bits per heavy atom. The van der Waals surface area contributed by atoms with Crippen molar-refractivity contribution in [2.45, 2.75) is 69.7 Å². The summed E-state index contributed by atoms with van der Waals surface area (Å²) in [4.78, 5) is 22.2. The largest absolute Gasteiger partial charge is 0.444 e. The van der Waals surface area contributed by atoms with Crippen LogP contribution in [0.1, 0.15) is 52.0 Å². The molecule has 2 saturated heterocycles. The Morgan fingerprint density at radius 2 is 1.82 bits per heavy atom. The summed E-state index contributed by atoms with van der Waals surface area (Å²) in [5, 5.41) is 11.0. The van der Waals surface area contributed by atoms with E-state index in [1.54, 1.807) is 12.4 Å². The van der Waals surface area contributed by atoms with E-state index < -0.39 is 11.2 Å². The molecule has 1 unspecified atom stereocenters. The first-order valence-corrected chi connectivity index (χ1v) is 7.78. The van der Waals surface area contributed by atoms with E-state index in [-0.39, 0.29) is 18.2 Å². The highest BCUT2D eigenvalue weighted by Gasteiger charge is 2.51. The molecule has 1 aromatic rings. The van der Waals surface area contributed by atoms with Crippen LogP contribution in [0.5, 0.6) is 0 Å². The van der Waals surface area contributed by atoms with Gasteiger partial charge in [-0.05, 0) is 33.6 Å². The lowest BCUT2D eigenvalue weighted by Crippen LogP contribution is -2.53. The maximum atomic E-state index is 12.4. The van der Waals surface area contributed by atoms with Crippen LogP contribution in [0.4, 0.5) is 4.79 Å². The minimum absolute atomic E-state index is 0.0128. The van der Waals surface area contributed by atoms with Gasteiger partial charge in [-0.1, -0.05) is 0 Å². The van der Waals surface area contributed by atoms with E-state index in [0.717, 1.165) is 18.4 Å². The molecule has 1 amide bonds. The van der Waals surface area contributed by atoms with Gasteiger partial charge in [0, 0.05) is 42.9 Å². The molecule has 0 spiro atoms. The number of piperidine rings is 1. The number of aliphatic hydroxyl groups is 1. The first kappa shape index (κ1) is 15.2. The van der Waals surface area contributed by atoms with Crippen molar-refractivity contribution in [2.24, 2.45) is 0 Å². The smallest absolute Gasteiger partial charge is 0.410 e. The normalized spacial score (nSPS) is 31.2. The first-order valence-electron chi connectivity index (χ1n) is 7.78. The molecule has 6 nitrogen and oxygen atoms in total. The summed E-state index contributed by atoms with van der Waals surface area (Å²) in [5.41, 5.74) is -0.723. The molecule has 0 saturated carbocycles. The molecular formula is C16H23N3O3. The van der Waals surface area contributed by atoms with Crippen LogP contribution >= 0.6 is 0 Å². The number of aromatic nitrogens is 2.